The minimum Gasteiger partial charge on any atom is -0.493 e. The molecule has 0 amide bonds. The van der Waals surface area contributed by atoms with E-state index >= 15 is 0 Å². The molecule has 29 heavy (non-hydrogen) atoms. The lowest BCUT2D eigenvalue weighted by molar-refractivity contribution is 0.0720. The fraction of sp³-hybridized carbons (Fsp3) is 0.739. The van der Waals surface area contributed by atoms with Gasteiger partial charge in [0, 0.05) is 6.61 Å². The molecular formula is C23H37NO4S. The van der Waals surface area contributed by atoms with E-state index in [1.807, 2.05) is 24.3 Å². The molecule has 0 aromatic heterocycles. The first-order valence-corrected chi connectivity index (χ1v) is 12.7. The third kappa shape index (κ3) is 7.26. The normalized spacial score (nSPS) is 19.4. The van der Waals surface area contributed by atoms with Gasteiger partial charge in [0.1, 0.15) is 5.75 Å². The molecule has 0 unspecified atom stereocenters. The van der Waals surface area contributed by atoms with E-state index in [9.17, 15) is 8.42 Å². The van der Waals surface area contributed by atoms with Crippen molar-refractivity contribution in [1.82, 2.24) is 4.72 Å². The van der Waals surface area contributed by atoms with E-state index in [0.717, 1.165) is 43.6 Å². The Morgan fingerprint density at radius 1 is 1.17 bits per heavy atom. The molecule has 0 atom stereocenters. The van der Waals surface area contributed by atoms with E-state index in [0.29, 0.717) is 25.6 Å². The number of rotatable bonds is 11. The molecule has 164 valence electrons. The quantitative estimate of drug-likeness (QED) is 0.528. The van der Waals surface area contributed by atoms with Crippen molar-refractivity contribution in [2.24, 2.45) is 11.3 Å². The Morgan fingerprint density at radius 3 is 2.55 bits per heavy atom. The zero-order valence-electron chi connectivity index (χ0n) is 18.2. The third-order valence-corrected chi connectivity index (χ3v) is 7.14. The fourth-order valence-electron chi connectivity index (χ4n) is 3.89. The van der Waals surface area contributed by atoms with Crippen molar-refractivity contribution in [2.75, 3.05) is 25.6 Å². The van der Waals surface area contributed by atoms with Crippen LogP contribution in [-0.4, -0.2) is 34.0 Å². The number of hydrogen-bond acceptors (Lipinski definition) is 4. The zero-order valence-corrected chi connectivity index (χ0v) is 19.0. The van der Waals surface area contributed by atoms with Gasteiger partial charge in [-0.05, 0) is 61.1 Å². The molecule has 1 aromatic carbocycles. The highest BCUT2D eigenvalue weighted by molar-refractivity contribution is 7.89. The first kappa shape index (κ1) is 22.6. The molecule has 2 fully saturated rings. The summed E-state index contributed by atoms with van der Waals surface area (Å²) in [6, 6.07) is 8.01. The molecule has 2 saturated carbocycles. The minimum absolute atomic E-state index is 0.0940. The first-order valence-electron chi connectivity index (χ1n) is 11.0. The summed E-state index contributed by atoms with van der Waals surface area (Å²) in [4.78, 5) is 0. The van der Waals surface area contributed by atoms with Crippen LogP contribution in [0.1, 0.15) is 71.3 Å². The average molecular weight is 424 g/mol. The average Bonchev–Trinajstić information content (AvgIpc) is 3.36. The number of hydrogen-bond donors (Lipinski definition) is 1. The summed E-state index contributed by atoms with van der Waals surface area (Å²) in [7, 11) is -3.39. The van der Waals surface area contributed by atoms with Crippen LogP contribution in [-0.2, 0) is 20.3 Å². The molecule has 0 bridgehead atoms. The van der Waals surface area contributed by atoms with Crippen LogP contribution in [0.5, 0.6) is 5.75 Å². The number of benzene rings is 1. The summed E-state index contributed by atoms with van der Waals surface area (Å²) in [6.45, 7) is 8.19. The van der Waals surface area contributed by atoms with Gasteiger partial charge in [0.25, 0.3) is 0 Å². The monoisotopic (exact) mass is 423 g/mol. The van der Waals surface area contributed by atoms with E-state index in [-0.39, 0.29) is 11.2 Å². The number of sulfonamides is 1. The second-order valence-electron chi connectivity index (χ2n) is 9.96. The van der Waals surface area contributed by atoms with Gasteiger partial charge in [-0.3, -0.25) is 0 Å². The summed E-state index contributed by atoms with van der Waals surface area (Å²) >= 11 is 0. The Balaban J connectivity index is 1.60. The maximum Gasteiger partial charge on any atom is 0.212 e. The molecular weight excluding hydrogens is 386 g/mol. The Hall–Kier alpha value is -1.11. The SMILES string of the molecule is CC(C)(C)COCCCS(=O)(=O)NC1(c2cccc(OCC3CC3)c2)CCCC1. The largest absolute Gasteiger partial charge is 0.493 e. The summed E-state index contributed by atoms with van der Waals surface area (Å²) in [5.41, 5.74) is 0.609. The molecule has 1 N–H and O–H groups in total. The van der Waals surface area contributed by atoms with E-state index in [2.05, 4.69) is 25.5 Å². The van der Waals surface area contributed by atoms with Gasteiger partial charge in [-0.2, -0.15) is 0 Å². The van der Waals surface area contributed by atoms with Crippen LogP contribution in [0, 0.1) is 11.3 Å². The van der Waals surface area contributed by atoms with Crippen molar-refractivity contribution in [3.05, 3.63) is 29.8 Å². The van der Waals surface area contributed by atoms with Crippen LogP contribution in [0.4, 0.5) is 0 Å². The highest BCUT2D eigenvalue weighted by Crippen LogP contribution is 2.40. The Morgan fingerprint density at radius 2 is 1.90 bits per heavy atom. The predicted octanol–water partition coefficient (Wildman–Crippen LogP) is 4.62. The standard InChI is InChI=1S/C23H37NO4S/c1-22(2,3)18-27-14-7-15-29(25,26)24-23(12-4-5-13-23)20-8-6-9-21(16-20)28-17-19-10-11-19/h6,8-9,16,19,24H,4-5,7,10-15,17-18H2,1-3H3. The van der Waals surface area contributed by atoms with Crippen LogP contribution < -0.4 is 9.46 Å². The first-order chi connectivity index (χ1) is 13.7. The Kier molecular flexibility index (Phi) is 7.28. The lowest BCUT2D eigenvalue weighted by atomic mass is 9.89. The van der Waals surface area contributed by atoms with Gasteiger partial charge in [0.05, 0.1) is 24.5 Å². The van der Waals surface area contributed by atoms with Crippen LogP contribution in [0.3, 0.4) is 0 Å². The highest BCUT2D eigenvalue weighted by atomic mass is 32.2. The maximum atomic E-state index is 12.8. The van der Waals surface area contributed by atoms with Gasteiger partial charge in [0.2, 0.25) is 10.0 Å². The van der Waals surface area contributed by atoms with Gasteiger partial charge in [-0.25, -0.2) is 13.1 Å². The van der Waals surface area contributed by atoms with Crippen LogP contribution in [0.25, 0.3) is 0 Å². The van der Waals surface area contributed by atoms with E-state index < -0.39 is 15.6 Å². The summed E-state index contributed by atoms with van der Waals surface area (Å²) in [5.74, 6) is 1.63. The molecule has 5 nitrogen and oxygen atoms in total. The molecule has 0 saturated heterocycles. The van der Waals surface area contributed by atoms with Gasteiger partial charge in [-0.1, -0.05) is 45.7 Å². The molecule has 0 aliphatic heterocycles. The molecule has 1 aromatic rings. The molecule has 3 rings (SSSR count). The van der Waals surface area contributed by atoms with Crippen molar-refractivity contribution in [3.63, 3.8) is 0 Å². The van der Waals surface area contributed by atoms with Crippen molar-refractivity contribution >= 4 is 10.0 Å². The number of ether oxygens (including phenoxy) is 2. The second kappa shape index (κ2) is 9.36. The van der Waals surface area contributed by atoms with Crippen LogP contribution in [0.15, 0.2) is 24.3 Å². The van der Waals surface area contributed by atoms with E-state index in [1.54, 1.807) is 0 Å². The van der Waals surface area contributed by atoms with Crippen molar-refractivity contribution in [2.45, 2.75) is 71.3 Å². The third-order valence-electron chi connectivity index (χ3n) is 5.61. The molecule has 0 spiro atoms. The smallest absolute Gasteiger partial charge is 0.212 e. The lowest BCUT2D eigenvalue weighted by Gasteiger charge is -2.31. The number of nitrogens with one attached hydrogen (secondary N) is 1. The maximum absolute atomic E-state index is 12.8. The van der Waals surface area contributed by atoms with Gasteiger partial charge >= 0.3 is 0 Å². The molecule has 6 heteroatoms. The van der Waals surface area contributed by atoms with Crippen molar-refractivity contribution < 1.29 is 17.9 Å². The minimum atomic E-state index is -3.39. The lowest BCUT2D eigenvalue weighted by Crippen LogP contribution is -2.44. The Bertz CT molecular complexity index is 759. The molecule has 2 aliphatic carbocycles. The van der Waals surface area contributed by atoms with E-state index in [1.165, 1.54) is 12.8 Å². The predicted molar refractivity (Wildman–Crippen MR) is 117 cm³/mol. The van der Waals surface area contributed by atoms with Crippen LogP contribution in [0.2, 0.25) is 0 Å². The highest BCUT2D eigenvalue weighted by Gasteiger charge is 2.39. The fourth-order valence-corrected chi connectivity index (χ4v) is 5.41. The molecule has 0 radical (unpaired) electrons. The second-order valence-corrected chi connectivity index (χ2v) is 11.8. The summed E-state index contributed by atoms with van der Waals surface area (Å²) < 4.78 is 40.3. The summed E-state index contributed by atoms with van der Waals surface area (Å²) in [5, 5.41) is 0. The van der Waals surface area contributed by atoms with Gasteiger partial charge in [-0.15, -0.1) is 0 Å². The van der Waals surface area contributed by atoms with Gasteiger partial charge < -0.3 is 9.47 Å². The summed E-state index contributed by atoms with van der Waals surface area (Å²) in [6.07, 6.45) is 6.74. The Labute approximate surface area is 176 Å². The molecule has 0 heterocycles. The topological polar surface area (TPSA) is 64.6 Å². The zero-order chi connectivity index (χ0) is 21.0. The van der Waals surface area contributed by atoms with Crippen molar-refractivity contribution in [3.8, 4) is 5.75 Å². The van der Waals surface area contributed by atoms with Gasteiger partial charge in [0.15, 0.2) is 0 Å². The van der Waals surface area contributed by atoms with Crippen molar-refractivity contribution in [1.29, 1.82) is 0 Å². The van der Waals surface area contributed by atoms with E-state index in [4.69, 9.17) is 9.47 Å². The molecule has 2 aliphatic rings. The van der Waals surface area contributed by atoms with Crippen LogP contribution >= 0.6 is 0 Å².